The van der Waals surface area contributed by atoms with Gasteiger partial charge < -0.3 is 20.0 Å². The van der Waals surface area contributed by atoms with E-state index in [4.69, 9.17) is 5.11 Å². The second-order valence-electron chi connectivity index (χ2n) is 8.87. The molecule has 0 bridgehead atoms. The summed E-state index contributed by atoms with van der Waals surface area (Å²) in [6.07, 6.45) is 5.05. The molecule has 2 saturated heterocycles. The van der Waals surface area contributed by atoms with Crippen LogP contribution in [-0.4, -0.2) is 65.9 Å². The molecule has 0 radical (unpaired) electrons. The Morgan fingerprint density at radius 1 is 1.10 bits per heavy atom. The lowest BCUT2D eigenvalue weighted by Gasteiger charge is -2.41. The van der Waals surface area contributed by atoms with Crippen molar-refractivity contribution in [1.82, 2.24) is 4.90 Å². The number of rotatable bonds is 3. The number of piperidine rings is 1. The first kappa shape index (κ1) is 20.0. The van der Waals surface area contributed by atoms with Gasteiger partial charge in [0.15, 0.2) is 0 Å². The molecule has 1 saturated carbocycles. The largest absolute Gasteiger partial charge is 0.465 e. The Labute approximate surface area is 171 Å². The lowest BCUT2D eigenvalue weighted by atomic mass is 9.78. The number of hydrogen-bond donors (Lipinski definition) is 2. The quantitative estimate of drug-likeness (QED) is 0.814. The molecular formula is C22H31N3O4. The number of carboxylic acid groups (broad SMARTS) is 1. The Kier molecular flexibility index (Phi) is 5.42. The van der Waals surface area contributed by atoms with Crippen molar-refractivity contribution in [2.75, 3.05) is 36.5 Å². The summed E-state index contributed by atoms with van der Waals surface area (Å²) in [4.78, 5) is 30.1. The minimum absolute atomic E-state index is 0.203. The van der Waals surface area contributed by atoms with Crippen molar-refractivity contribution in [3.05, 3.63) is 24.3 Å². The summed E-state index contributed by atoms with van der Waals surface area (Å²) in [5.41, 5.74) is 1.37. The highest BCUT2D eigenvalue weighted by Gasteiger charge is 2.50. The summed E-state index contributed by atoms with van der Waals surface area (Å²) < 4.78 is 0. The molecule has 0 aromatic heterocycles. The van der Waals surface area contributed by atoms with Crippen molar-refractivity contribution >= 4 is 23.4 Å². The first-order valence-electron chi connectivity index (χ1n) is 10.7. The predicted molar refractivity (Wildman–Crippen MR) is 111 cm³/mol. The fraction of sp³-hybridized carbons (Fsp3) is 0.636. The van der Waals surface area contributed by atoms with Gasteiger partial charge in [-0.15, -0.1) is 0 Å². The summed E-state index contributed by atoms with van der Waals surface area (Å²) in [6, 6.07) is 7.83. The maximum Gasteiger partial charge on any atom is 0.411 e. The Bertz CT molecular complexity index is 760. The zero-order valence-corrected chi connectivity index (χ0v) is 17.1. The Morgan fingerprint density at radius 2 is 1.79 bits per heavy atom. The van der Waals surface area contributed by atoms with Crippen LogP contribution in [0.5, 0.6) is 0 Å². The maximum absolute atomic E-state index is 13.4. The van der Waals surface area contributed by atoms with Gasteiger partial charge in [0.1, 0.15) is 0 Å². The molecule has 7 heteroatoms. The van der Waals surface area contributed by atoms with Crippen molar-refractivity contribution in [2.24, 2.45) is 5.41 Å². The normalized spacial score (nSPS) is 30.1. The van der Waals surface area contributed by atoms with E-state index >= 15 is 0 Å². The molecule has 1 aromatic rings. The molecular weight excluding hydrogens is 370 g/mol. The maximum atomic E-state index is 13.4. The Morgan fingerprint density at radius 3 is 2.45 bits per heavy atom. The van der Waals surface area contributed by atoms with Crippen LogP contribution in [0, 0.1) is 5.41 Å². The molecule has 1 unspecified atom stereocenters. The monoisotopic (exact) mass is 401 g/mol. The number of anilines is 2. The van der Waals surface area contributed by atoms with Crippen LogP contribution in [0.4, 0.5) is 16.2 Å². The van der Waals surface area contributed by atoms with Crippen molar-refractivity contribution in [1.29, 1.82) is 0 Å². The number of aliphatic hydroxyl groups is 1. The minimum Gasteiger partial charge on any atom is -0.465 e. The summed E-state index contributed by atoms with van der Waals surface area (Å²) in [6.45, 7) is 2.47. The molecule has 4 rings (SSSR count). The standard InChI is InChI=1S/C22H31N3O4/c1-23(21(28)29)16-3-5-17(6-4-16)24-13-2-11-22(15-24)12-14-25(20(22)27)18-7-9-19(26)10-8-18/h3-6,18-19,26H,2,7-15H2,1H3,(H,28,29). The van der Waals surface area contributed by atoms with E-state index < -0.39 is 6.09 Å². The molecule has 2 N–H and O–H groups in total. The SMILES string of the molecule is CN(C(=O)O)c1ccc(N2CCCC3(CCN(C4CCC(O)CC4)C3=O)C2)cc1. The fourth-order valence-electron chi connectivity index (χ4n) is 5.29. The lowest BCUT2D eigenvalue weighted by Crippen LogP contribution is -2.50. The molecule has 7 nitrogen and oxygen atoms in total. The number of nitrogens with zero attached hydrogens (tertiary/aromatic N) is 3. The van der Waals surface area contributed by atoms with Gasteiger partial charge in [-0.2, -0.15) is 0 Å². The van der Waals surface area contributed by atoms with Gasteiger partial charge in [-0.25, -0.2) is 4.79 Å². The van der Waals surface area contributed by atoms with Crippen molar-refractivity contribution in [3.63, 3.8) is 0 Å². The second kappa shape index (κ2) is 7.86. The van der Waals surface area contributed by atoms with Gasteiger partial charge in [0, 0.05) is 44.1 Å². The van der Waals surface area contributed by atoms with Crippen molar-refractivity contribution < 1.29 is 19.8 Å². The van der Waals surface area contributed by atoms with Crippen LogP contribution in [0.15, 0.2) is 24.3 Å². The number of aliphatic hydroxyl groups excluding tert-OH is 1. The van der Waals surface area contributed by atoms with E-state index in [0.717, 1.165) is 70.3 Å². The van der Waals surface area contributed by atoms with E-state index in [0.29, 0.717) is 11.6 Å². The van der Waals surface area contributed by atoms with E-state index in [9.17, 15) is 14.7 Å². The summed E-state index contributed by atoms with van der Waals surface area (Å²) >= 11 is 0. The summed E-state index contributed by atoms with van der Waals surface area (Å²) in [5, 5.41) is 18.9. The van der Waals surface area contributed by atoms with Crippen molar-refractivity contribution in [3.8, 4) is 0 Å². The average molecular weight is 402 g/mol. The number of amides is 2. The van der Waals surface area contributed by atoms with Crippen LogP contribution in [0.1, 0.15) is 44.9 Å². The molecule has 1 aliphatic carbocycles. The third-order valence-electron chi connectivity index (χ3n) is 7.12. The van der Waals surface area contributed by atoms with Gasteiger partial charge in [0.25, 0.3) is 0 Å². The fourth-order valence-corrected chi connectivity index (χ4v) is 5.29. The number of likely N-dealkylation sites (tertiary alicyclic amines) is 1. The molecule has 1 aromatic carbocycles. The van der Waals surface area contributed by atoms with Crippen LogP contribution in [0.25, 0.3) is 0 Å². The first-order chi connectivity index (χ1) is 13.9. The first-order valence-corrected chi connectivity index (χ1v) is 10.7. The molecule has 158 valence electrons. The molecule has 3 fully saturated rings. The van der Waals surface area contributed by atoms with Gasteiger partial charge in [-0.1, -0.05) is 0 Å². The van der Waals surface area contributed by atoms with Gasteiger partial charge in [-0.3, -0.25) is 9.69 Å². The third-order valence-corrected chi connectivity index (χ3v) is 7.12. The second-order valence-corrected chi connectivity index (χ2v) is 8.87. The van der Waals surface area contributed by atoms with Crippen molar-refractivity contribution in [2.45, 2.75) is 57.1 Å². The number of carbonyl (C=O) groups is 2. The Hall–Kier alpha value is -2.28. The number of carbonyl (C=O) groups excluding carboxylic acids is 1. The third kappa shape index (κ3) is 3.80. The van der Waals surface area contributed by atoms with Crippen LogP contribution in [0.3, 0.4) is 0 Å². The van der Waals surface area contributed by atoms with Crippen LogP contribution in [-0.2, 0) is 4.79 Å². The van der Waals surface area contributed by atoms with Gasteiger partial charge >= 0.3 is 6.09 Å². The van der Waals surface area contributed by atoms with E-state index in [1.54, 1.807) is 0 Å². The van der Waals surface area contributed by atoms with E-state index in [1.807, 2.05) is 24.3 Å². The average Bonchev–Trinajstić information content (AvgIpc) is 3.04. The number of benzene rings is 1. The highest BCUT2D eigenvalue weighted by molar-refractivity contribution is 5.87. The highest BCUT2D eigenvalue weighted by atomic mass is 16.4. The highest BCUT2D eigenvalue weighted by Crippen LogP contribution is 2.43. The summed E-state index contributed by atoms with van der Waals surface area (Å²) in [5.74, 6) is 0.297. The molecule has 1 atom stereocenters. The molecule has 2 heterocycles. The minimum atomic E-state index is -0.985. The number of hydrogen-bond acceptors (Lipinski definition) is 4. The van der Waals surface area contributed by atoms with Gasteiger partial charge in [0.2, 0.25) is 5.91 Å². The van der Waals surface area contributed by atoms with E-state index in [2.05, 4.69) is 9.80 Å². The topological polar surface area (TPSA) is 84.3 Å². The lowest BCUT2D eigenvalue weighted by molar-refractivity contribution is -0.139. The predicted octanol–water partition coefficient (Wildman–Crippen LogP) is 2.92. The zero-order chi connectivity index (χ0) is 20.6. The van der Waals surface area contributed by atoms with E-state index in [-0.39, 0.29) is 17.6 Å². The molecule has 3 aliphatic rings. The van der Waals surface area contributed by atoms with Crippen LogP contribution < -0.4 is 9.80 Å². The van der Waals surface area contributed by atoms with E-state index in [1.165, 1.54) is 11.9 Å². The Balaban J connectivity index is 1.45. The summed E-state index contributed by atoms with van der Waals surface area (Å²) in [7, 11) is 1.53. The smallest absolute Gasteiger partial charge is 0.411 e. The van der Waals surface area contributed by atoms with Gasteiger partial charge in [0.05, 0.1) is 11.5 Å². The molecule has 2 aliphatic heterocycles. The molecule has 1 spiro atoms. The molecule has 2 amide bonds. The van der Waals surface area contributed by atoms with Gasteiger partial charge in [-0.05, 0) is 69.2 Å². The van der Waals surface area contributed by atoms with Crippen LogP contribution in [0.2, 0.25) is 0 Å². The zero-order valence-electron chi connectivity index (χ0n) is 17.1. The van der Waals surface area contributed by atoms with Crippen LogP contribution >= 0.6 is 0 Å². The molecule has 29 heavy (non-hydrogen) atoms.